The van der Waals surface area contributed by atoms with Crippen LogP contribution in [0.15, 0.2) is 18.2 Å². The summed E-state index contributed by atoms with van der Waals surface area (Å²) in [5.74, 6) is 1.08. The van der Waals surface area contributed by atoms with Crippen LogP contribution in [0, 0.1) is 0 Å². The summed E-state index contributed by atoms with van der Waals surface area (Å²) in [4.78, 5) is 11.7. The molecule has 9 heteroatoms. The van der Waals surface area contributed by atoms with E-state index in [2.05, 4.69) is 5.32 Å². The second kappa shape index (κ2) is 9.09. The standard InChI is InChI=1S/C17H28N2O6S/c1-17(2,3)25-16(20)18-9-10-19(26(6,21)22)12-13-7-8-14(23-4)15(11-13)24-5/h7-8,11H,9-10,12H2,1-6H3,(H,18,20). The van der Waals surface area contributed by atoms with Gasteiger partial charge in [0.05, 0.1) is 20.5 Å². The zero-order chi connectivity index (χ0) is 20.0. The molecule has 0 spiro atoms. The SMILES string of the molecule is COc1ccc(CN(CCNC(=O)OC(C)(C)C)S(C)(=O)=O)cc1OC. The molecule has 1 aromatic carbocycles. The lowest BCUT2D eigenvalue weighted by Gasteiger charge is -2.22. The van der Waals surface area contributed by atoms with E-state index in [1.807, 2.05) is 0 Å². The third kappa shape index (κ3) is 7.49. The van der Waals surface area contributed by atoms with Crippen LogP contribution in [0.4, 0.5) is 4.79 Å². The van der Waals surface area contributed by atoms with Gasteiger partial charge in [0.1, 0.15) is 5.60 Å². The molecule has 0 aliphatic carbocycles. The van der Waals surface area contributed by atoms with Crippen LogP contribution in [0.1, 0.15) is 26.3 Å². The molecule has 148 valence electrons. The number of amides is 1. The van der Waals surface area contributed by atoms with E-state index in [4.69, 9.17) is 14.2 Å². The van der Waals surface area contributed by atoms with Crippen molar-refractivity contribution in [1.29, 1.82) is 0 Å². The van der Waals surface area contributed by atoms with Gasteiger partial charge in [0.2, 0.25) is 10.0 Å². The molecule has 1 N–H and O–H groups in total. The zero-order valence-corrected chi connectivity index (χ0v) is 17.0. The fourth-order valence-electron chi connectivity index (χ4n) is 2.14. The van der Waals surface area contributed by atoms with Gasteiger partial charge >= 0.3 is 6.09 Å². The van der Waals surface area contributed by atoms with Gasteiger partial charge < -0.3 is 19.5 Å². The van der Waals surface area contributed by atoms with Crippen molar-refractivity contribution in [3.63, 3.8) is 0 Å². The average Bonchev–Trinajstić information content (AvgIpc) is 2.51. The van der Waals surface area contributed by atoms with Crippen molar-refractivity contribution < 1.29 is 27.4 Å². The molecule has 8 nitrogen and oxygen atoms in total. The first-order valence-electron chi connectivity index (χ1n) is 8.09. The van der Waals surface area contributed by atoms with Gasteiger partial charge in [-0.05, 0) is 38.5 Å². The Morgan fingerprint density at radius 3 is 2.27 bits per heavy atom. The van der Waals surface area contributed by atoms with Crippen LogP contribution in [0.2, 0.25) is 0 Å². The maximum atomic E-state index is 12.0. The Morgan fingerprint density at radius 1 is 1.15 bits per heavy atom. The summed E-state index contributed by atoms with van der Waals surface area (Å²) in [5.41, 5.74) is 0.130. The molecule has 0 heterocycles. The first-order chi connectivity index (χ1) is 12.0. The Balaban J connectivity index is 2.76. The third-order valence-corrected chi connectivity index (χ3v) is 4.56. The van der Waals surface area contributed by atoms with Crippen LogP contribution in [-0.4, -0.2) is 58.0 Å². The van der Waals surface area contributed by atoms with E-state index in [0.29, 0.717) is 11.5 Å². The number of hydrogen-bond donors (Lipinski definition) is 1. The van der Waals surface area contributed by atoms with Crippen molar-refractivity contribution in [1.82, 2.24) is 9.62 Å². The van der Waals surface area contributed by atoms with E-state index in [0.717, 1.165) is 11.8 Å². The first-order valence-corrected chi connectivity index (χ1v) is 9.94. The molecule has 1 aromatic rings. The largest absolute Gasteiger partial charge is 0.493 e. The summed E-state index contributed by atoms with van der Waals surface area (Å²) in [5, 5.41) is 2.56. The molecule has 0 bridgehead atoms. The topological polar surface area (TPSA) is 94.2 Å². The molecule has 1 amide bonds. The van der Waals surface area contributed by atoms with Crippen LogP contribution in [0.3, 0.4) is 0 Å². The summed E-state index contributed by atoms with van der Waals surface area (Å²) in [6.07, 6.45) is 0.540. The fourth-order valence-corrected chi connectivity index (χ4v) is 2.95. The van der Waals surface area contributed by atoms with Crippen LogP contribution < -0.4 is 14.8 Å². The quantitative estimate of drug-likeness (QED) is 0.732. The highest BCUT2D eigenvalue weighted by Crippen LogP contribution is 2.28. The number of carbonyl (C=O) groups excluding carboxylic acids is 1. The monoisotopic (exact) mass is 388 g/mol. The van der Waals surface area contributed by atoms with Crippen molar-refractivity contribution in [2.75, 3.05) is 33.6 Å². The maximum Gasteiger partial charge on any atom is 0.407 e. The molecule has 0 saturated carbocycles. The lowest BCUT2D eigenvalue weighted by Crippen LogP contribution is -2.39. The number of nitrogens with one attached hydrogen (secondary N) is 1. The highest BCUT2D eigenvalue weighted by Gasteiger charge is 2.20. The van der Waals surface area contributed by atoms with Crippen LogP contribution in [0.25, 0.3) is 0 Å². The Labute approximate surface area is 155 Å². The van der Waals surface area contributed by atoms with Crippen molar-refractivity contribution in [2.45, 2.75) is 32.9 Å². The smallest absolute Gasteiger partial charge is 0.407 e. The third-order valence-electron chi connectivity index (χ3n) is 3.31. The molecular weight excluding hydrogens is 360 g/mol. The molecule has 0 saturated heterocycles. The molecule has 0 unspecified atom stereocenters. The Kier molecular flexibility index (Phi) is 7.70. The van der Waals surface area contributed by atoms with E-state index >= 15 is 0 Å². The van der Waals surface area contributed by atoms with Crippen molar-refractivity contribution in [3.05, 3.63) is 23.8 Å². The molecule has 0 aromatic heterocycles. The maximum absolute atomic E-state index is 12.0. The molecule has 0 atom stereocenters. The second-order valence-corrected chi connectivity index (χ2v) is 8.70. The molecule has 0 aliphatic rings. The van der Waals surface area contributed by atoms with E-state index in [1.54, 1.807) is 39.0 Å². The Morgan fingerprint density at radius 2 is 1.77 bits per heavy atom. The molecule has 0 aliphatic heterocycles. The van der Waals surface area contributed by atoms with E-state index in [9.17, 15) is 13.2 Å². The molecule has 26 heavy (non-hydrogen) atoms. The van der Waals surface area contributed by atoms with E-state index < -0.39 is 21.7 Å². The van der Waals surface area contributed by atoms with Gasteiger partial charge in [0.25, 0.3) is 0 Å². The molecular formula is C17H28N2O6S. The number of hydrogen-bond acceptors (Lipinski definition) is 6. The summed E-state index contributed by atoms with van der Waals surface area (Å²) in [6.45, 7) is 5.67. The number of carbonyl (C=O) groups is 1. The van der Waals surface area contributed by atoms with Gasteiger partial charge in [-0.1, -0.05) is 6.07 Å². The normalized spacial score (nSPS) is 12.0. The highest BCUT2D eigenvalue weighted by atomic mass is 32.2. The van der Waals surface area contributed by atoms with Crippen LogP contribution in [0.5, 0.6) is 11.5 Å². The molecule has 0 fully saturated rings. The predicted octanol–water partition coefficient (Wildman–Crippen LogP) is 1.99. The summed E-state index contributed by atoms with van der Waals surface area (Å²) in [6, 6.07) is 5.20. The Bertz CT molecular complexity index is 712. The number of benzene rings is 1. The minimum absolute atomic E-state index is 0.117. The first kappa shape index (κ1) is 22.0. The van der Waals surface area contributed by atoms with Gasteiger partial charge in [0.15, 0.2) is 11.5 Å². The van der Waals surface area contributed by atoms with Crippen molar-refractivity contribution >= 4 is 16.1 Å². The zero-order valence-electron chi connectivity index (χ0n) is 16.2. The van der Waals surface area contributed by atoms with Gasteiger partial charge in [-0.25, -0.2) is 13.2 Å². The minimum Gasteiger partial charge on any atom is -0.493 e. The van der Waals surface area contributed by atoms with Gasteiger partial charge in [0, 0.05) is 19.6 Å². The summed E-state index contributed by atoms with van der Waals surface area (Å²) in [7, 11) is -0.417. The van der Waals surface area contributed by atoms with E-state index in [-0.39, 0.29) is 19.6 Å². The number of rotatable bonds is 8. The number of alkyl carbamates (subject to hydrolysis) is 1. The van der Waals surface area contributed by atoms with Crippen LogP contribution in [-0.2, 0) is 21.3 Å². The van der Waals surface area contributed by atoms with Gasteiger partial charge in [-0.2, -0.15) is 4.31 Å². The highest BCUT2D eigenvalue weighted by molar-refractivity contribution is 7.88. The fraction of sp³-hybridized carbons (Fsp3) is 0.588. The van der Waals surface area contributed by atoms with Crippen LogP contribution >= 0.6 is 0 Å². The van der Waals surface area contributed by atoms with Gasteiger partial charge in [-0.3, -0.25) is 0 Å². The van der Waals surface area contributed by atoms with E-state index in [1.165, 1.54) is 18.5 Å². The van der Waals surface area contributed by atoms with Gasteiger partial charge in [-0.15, -0.1) is 0 Å². The summed E-state index contributed by atoms with van der Waals surface area (Å²) >= 11 is 0. The summed E-state index contributed by atoms with van der Waals surface area (Å²) < 4.78 is 40.9. The number of methoxy groups -OCH3 is 2. The Hall–Kier alpha value is -2.00. The number of sulfonamides is 1. The second-order valence-electron chi connectivity index (χ2n) is 6.71. The number of nitrogens with zero attached hydrogens (tertiary/aromatic N) is 1. The van der Waals surface area contributed by atoms with Crippen molar-refractivity contribution in [2.24, 2.45) is 0 Å². The van der Waals surface area contributed by atoms with Crippen molar-refractivity contribution in [3.8, 4) is 11.5 Å². The predicted molar refractivity (Wildman–Crippen MR) is 99.0 cm³/mol. The lowest BCUT2D eigenvalue weighted by molar-refractivity contribution is 0.0525. The minimum atomic E-state index is -3.46. The molecule has 0 radical (unpaired) electrons. The number of ether oxygens (including phenoxy) is 3. The average molecular weight is 388 g/mol. The lowest BCUT2D eigenvalue weighted by atomic mass is 10.2. The molecule has 1 rings (SSSR count).